The lowest BCUT2D eigenvalue weighted by molar-refractivity contribution is 0.121. The van der Waals surface area contributed by atoms with Crippen LogP contribution >= 0.6 is 0 Å². The van der Waals surface area contributed by atoms with E-state index in [0.717, 1.165) is 37.7 Å². The van der Waals surface area contributed by atoms with Crippen molar-refractivity contribution in [2.75, 3.05) is 19.7 Å². The van der Waals surface area contributed by atoms with Crippen molar-refractivity contribution in [2.45, 2.75) is 26.3 Å². The molecule has 0 radical (unpaired) electrons. The van der Waals surface area contributed by atoms with E-state index in [1.165, 1.54) is 12.8 Å². The molecule has 5 nitrogen and oxygen atoms in total. The molecule has 0 aliphatic carbocycles. The molecule has 3 heterocycles. The zero-order valence-electron chi connectivity index (χ0n) is 12.4. The number of nitrogens with zero attached hydrogens (tertiary/aromatic N) is 3. The highest BCUT2D eigenvalue weighted by atomic mass is 16.5. The SMILES string of the molecule is Cc1cc(CN2CCCC(COc3ccccn3)C2)no1. The molecule has 21 heavy (non-hydrogen) atoms. The summed E-state index contributed by atoms with van der Waals surface area (Å²) in [7, 11) is 0. The molecule has 0 bridgehead atoms. The minimum atomic E-state index is 0.550. The van der Waals surface area contributed by atoms with Crippen LogP contribution in [-0.2, 0) is 6.54 Å². The molecule has 2 aromatic heterocycles. The third kappa shape index (κ3) is 4.04. The van der Waals surface area contributed by atoms with Crippen molar-refractivity contribution in [1.29, 1.82) is 0 Å². The summed E-state index contributed by atoms with van der Waals surface area (Å²) in [4.78, 5) is 6.62. The minimum absolute atomic E-state index is 0.550. The number of aromatic nitrogens is 2. The van der Waals surface area contributed by atoms with Gasteiger partial charge in [-0.05, 0) is 32.4 Å². The Hall–Kier alpha value is -1.88. The average molecular weight is 287 g/mol. The summed E-state index contributed by atoms with van der Waals surface area (Å²) in [6.45, 7) is 5.67. The topological polar surface area (TPSA) is 51.4 Å². The Balaban J connectivity index is 1.49. The quantitative estimate of drug-likeness (QED) is 0.846. The summed E-state index contributed by atoms with van der Waals surface area (Å²) < 4.78 is 10.9. The van der Waals surface area contributed by atoms with Crippen molar-refractivity contribution in [2.24, 2.45) is 5.92 Å². The van der Waals surface area contributed by atoms with E-state index in [2.05, 4.69) is 15.0 Å². The zero-order valence-corrected chi connectivity index (χ0v) is 12.4. The van der Waals surface area contributed by atoms with E-state index in [-0.39, 0.29) is 0 Å². The minimum Gasteiger partial charge on any atom is -0.477 e. The van der Waals surface area contributed by atoms with Gasteiger partial charge in [-0.2, -0.15) is 0 Å². The predicted octanol–water partition coefficient (Wildman–Crippen LogP) is 2.67. The number of pyridine rings is 1. The Kier molecular flexibility index (Phi) is 4.50. The molecule has 5 heteroatoms. The normalized spacial score (nSPS) is 19.6. The number of piperidine rings is 1. The van der Waals surface area contributed by atoms with E-state index in [4.69, 9.17) is 9.26 Å². The van der Waals surface area contributed by atoms with Crippen LogP contribution in [0.2, 0.25) is 0 Å². The van der Waals surface area contributed by atoms with Crippen LogP contribution in [0.3, 0.4) is 0 Å². The molecule has 0 saturated carbocycles. The van der Waals surface area contributed by atoms with Crippen molar-refractivity contribution in [3.05, 3.63) is 41.9 Å². The molecule has 1 aliphatic heterocycles. The Morgan fingerprint density at radius 1 is 1.43 bits per heavy atom. The molecule has 1 saturated heterocycles. The molecule has 3 rings (SSSR count). The number of likely N-dealkylation sites (tertiary alicyclic amines) is 1. The highest BCUT2D eigenvalue weighted by Crippen LogP contribution is 2.19. The monoisotopic (exact) mass is 287 g/mol. The zero-order chi connectivity index (χ0) is 14.5. The van der Waals surface area contributed by atoms with Crippen LogP contribution in [0.1, 0.15) is 24.3 Å². The van der Waals surface area contributed by atoms with Gasteiger partial charge in [-0.15, -0.1) is 0 Å². The standard InChI is InChI=1S/C16H21N3O2/c1-13-9-15(18-21-13)11-19-8-4-5-14(10-19)12-20-16-6-2-3-7-17-16/h2-3,6-7,9,14H,4-5,8,10-12H2,1H3. The summed E-state index contributed by atoms with van der Waals surface area (Å²) >= 11 is 0. The summed E-state index contributed by atoms with van der Waals surface area (Å²) in [6.07, 6.45) is 4.17. The van der Waals surface area contributed by atoms with Crippen LogP contribution < -0.4 is 4.74 Å². The van der Waals surface area contributed by atoms with Gasteiger partial charge in [0.15, 0.2) is 0 Å². The van der Waals surface area contributed by atoms with E-state index < -0.39 is 0 Å². The van der Waals surface area contributed by atoms with E-state index in [1.54, 1.807) is 6.20 Å². The summed E-state index contributed by atoms with van der Waals surface area (Å²) in [5.41, 5.74) is 1.01. The van der Waals surface area contributed by atoms with Crippen molar-refractivity contribution in [3.63, 3.8) is 0 Å². The smallest absolute Gasteiger partial charge is 0.213 e. The number of hydrogen-bond donors (Lipinski definition) is 0. The first-order valence-electron chi connectivity index (χ1n) is 7.48. The van der Waals surface area contributed by atoms with Gasteiger partial charge in [0.1, 0.15) is 5.76 Å². The maximum atomic E-state index is 5.78. The second-order valence-electron chi connectivity index (χ2n) is 5.65. The fraction of sp³-hybridized carbons (Fsp3) is 0.500. The molecule has 112 valence electrons. The van der Waals surface area contributed by atoms with E-state index in [0.29, 0.717) is 11.8 Å². The number of aryl methyl sites for hydroxylation is 1. The van der Waals surface area contributed by atoms with E-state index in [1.807, 2.05) is 31.2 Å². The number of ether oxygens (including phenoxy) is 1. The fourth-order valence-electron chi connectivity index (χ4n) is 2.79. The van der Waals surface area contributed by atoms with Gasteiger partial charge in [-0.1, -0.05) is 11.2 Å². The molecule has 0 aromatic carbocycles. The van der Waals surface area contributed by atoms with Gasteiger partial charge in [-0.3, -0.25) is 4.90 Å². The molecule has 2 aromatic rings. The van der Waals surface area contributed by atoms with Crippen LogP contribution in [-0.4, -0.2) is 34.7 Å². The molecule has 0 amide bonds. The van der Waals surface area contributed by atoms with Gasteiger partial charge in [0, 0.05) is 37.3 Å². The summed E-state index contributed by atoms with van der Waals surface area (Å²) in [5.74, 6) is 2.13. The number of rotatable bonds is 5. The van der Waals surface area contributed by atoms with Crippen molar-refractivity contribution in [3.8, 4) is 5.88 Å². The Labute approximate surface area is 124 Å². The van der Waals surface area contributed by atoms with Gasteiger partial charge < -0.3 is 9.26 Å². The summed E-state index contributed by atoms with van der Waals surface area (Å²) in [6, 6.07) is 7.75. The van der Waals surface area contributed by atoms with Crippen LogP contribution in [0, 0.1) is 12.8 Å². The Morgan fingerprint density at radius 3 is 3.14 bits per heavy atom. The lowest BCUT2D eigenvalue weighted by Gasteiger charge is -2.31. The van der Waals surface area contributed by atoms with E-state index >= 15 is 0 Å². The van der Waals surface area contributed by atoms with Gasteiger partial charge in [0.2, 0.25) is 5.88 Å². The molecule has 0 N–H and O–H groups in total. The molecular weight excluding hydrogens is 266 g/mol. The highest BCUT2D eigenvalue weighted by Gasteiger charge is 2.21. The lowest BCUT2D eigenvalue weighted by atomic mass is 9.99. The molecular formula is C16H21N3O2. The summed E-state index contributed by atoms with van der Waals surface area (Å²) in [5, 5.41) is 4.07. The van der Waals surface area contributed by atoms with Crippen LogP contribution in [0.15, 0.2) is 35.0 Å². The van der Waals surface area contributed by atoms with Crippen LogP contribution in [0.25, 0.3) is 0 Å². The van der Waals surface area contributed by atoms with E-state index in [9.17, 15) is 0 Å². The first-order valence-corrected chi connectivity index (χ1v) is 7.48. The fourth-order valence-corrected chi connectivity index (χ4v) is 2.79. The van der Waals surface area contributed by atoms with Gasteiger partial charge in [0.25, 0.3) is 0 Å². The maximum absolute atomic E-state index is 5.78. The van der Waals surface area contributed by atoms with Crippen LogP contribution in [0.5, 0.6) is 5.88 Å². The molecule has 1 atom stereocenters. The second-order valence-corrected chi connectivity index (χ2v) is 5.65. The Bertz CT molecular complexity index is 556. The van der Waals surface area contributed by atoms with Crippen LogP contribution in [0.4, 0.5) is 0 Å². The molecule has 1 fully saturated rings. The predicted molar refractivity (Wildman–Crippen MR) is 79.0 cm³/mol. The van der Waals surface area contributed by atoms with Gasteiger partial charge in [-0.25, -0.2) is 4.98 Å². The third-order valence-electron chi connectivity index (χ3n) is 3.77. The first-order chi connectivity index (χ1) is 10.3. The molecule has 1 aliphatic rings. The number of hydrogen-bond acceptors (Lipinski definition) is 5. The lowest BCUT2D eigenvalue weighted by Crippen LogP contribution is -2.37. The van der Waals surface area contributed by atoms with Crippen molar-refractivity contribution >= 4 is 0 Å². The van der Waals surface area contributed by atoms with Gasteiger partial charge in [0.05, 0.1) is 12.3 Å². The maximum Gasteiger partial charge on any atom is 0.213 e. The Morgan fingerprint density at radius 2 is 2.38 bits per heavy atom. The molecule has 1 unspecified atom stereocenters. The van der Waals surface area contributed by atoms with Gasteiger partial charge >= 0.3 is 0 Å². The van der Waals surface area contributed by atoms with Crippen molar-refractivity contribution in [1.82, 2.24) is 15.0 Å². The largest absolute Gasteiger partial charge is 0.477 e. The third-order valence-corrected chi connectivity index (χ3v) is 3.77. The molecule has 0 spiro atoms. The first kappa shape index (κ1) is 14.1. The van der Waals surface area contributed by atoms with Crippen molar-refractivity contribution < 1.29 is 9.26 Å². The second kappa shape index (κ2) is 6.72. The average Bonchev–Trinajstić information content (AvgIpc) is 2.92. The highest BCUT2D eigenvalue weighted by molar-refractivity contribution is 5.09.